The molecule has 0 aliphatic carbocycles. The van der Waals surface area contributed by atoms with Crippen molar-refractivity contribution >= 4 is 41.4 Å². The third-order valence-electron chi connectivity index (χ3n) is 3.08. The Morgan fingerprint density at radius 2 is 2.05 bits per heavy atom. The first-order valence-electron chi connectivity index (χ1n) is 6.36. The normalized spacial score (nSPS) is 21.1. The van der Waals surface area contributed by atoms with Gasteiger partial charge in [0, 0.05) is 10.7 Å². The molecule has 1 amide bonds. The highest BCUT2D eigenvalue weighted by Crippen LogP contribution is 2.35. The zero-order chi connectivity index (χ0) is 16.7. The summed E-state index contributed by atoms with van der Waals surface area (Å²) in [5, 5.41) is 0. The Balaban J connectivity index is 2.61. The van der Waals surface area contributed by atoms with Gasteiger partial charge in [-0.25, -0.2) is 21.1 Å². The number of halogens is 1. The van der Waals surface area contributed by atoms with E-state index in [0.29, 0.717) is 4.31 Å². The summed E-state index contributed by atoms with van der Waals surface area (Å²) in [7, 11) is -2.63. The average Bonchev–Trinajstić information content (AvgIpc) is 2.58. The Morgan fingerprint density at radius 3 is 2.50 bits per heavy atom. The summed E-state index contributed by atoms with van der Waals surface area (Å²) < 4.78 is 53.1. The summed E-state index contributed by atoms with van der Waals surface area (Å²) in [6, 6.07) is 3.62. The largest absolute Gasteiger partial charge is 0.492 e. The molecule has 0 saturated carbocycles. The average molecular weight is 368 g/mol. The molecule has 1 aromatic carbocycles. The number of hydrogen-bond donors (Lipinski definition) is 0. The molecule has 1 fully saturated rings. The van der Waals surface area contributed by atoms with Crippen molar-refractivity contribution in [2.45, 2.75) is 18.7 Å². The van der Waals surface area contributed by atoms with Gasteiger partial charge in [-0.05, 0) is 25.1 Å². The molecule has 22 heavy (non-hydrogen) atoms. The van der Waals surface area contributed by atoms with Gasteiger partial charge in [0.25, 0.3) is 9.05 Å². The molecule has 0 bridgehead atoms. The van der Waals surface area contributed by atoms with Crippen molar-refractivity contribution in [2.75, 3.05) is 16.7 Å². The van der Waals surface area contributed by atoms with Gasteiger partial charge in [-0.15, -0.1) is 0 Å². The molecule has 0 spiro atoms. The van der Waals surface area contributed by atoms with Crippen LogP contribution in [0.1, 0.15) is 13.8 Å². The highest BCUT2D eigenvalue weighted by molar-refractivity contribution is 8.13. The number of nitrogens with zero attached hydrogens (tertiary/aromatic N) is 1. The van der Waals surface area contributed by atoms with Crippen molar-refractivity contribution < 1.29 is 26.4 Å². The van der Waals surface area contributed by atoms with E-state index in [9.17, 15) is 21.6 Å². The molecule has 1 aromatic rings. The van der Waals surface area contributed by atoms with Gasteiger partial charge in [-0.3, -0.25) is 4.79 Å². The lowest BCUT2D eigenvalue weighted by Crippen LogP contribution is -2.30. The molecule has 2 rings (SSSR count). The first-order chi connectivity index (χ1) is 10.1. The molecule has 1 heterocycles. The number of hydrogen-bond acceptors (Lipinski definition) is 6. The fraction of sp³-hybridized carbons (Fsp3) is 0.417. The number of sulfonamides is 1. The Hall–Kier alpha value is -1.32. The lowest BCUT2D eigenvalue weighted by Gasteiger charge is -2.17. The predicted octanol–water partition coefficient (Wildman–Crippen LogP) is 1.33. The third-order valence-corrected chi connectivity index (χ3v) is 6.30. The van der Waals surface area contributed by atoms with Crippen molar-refractivity contribution in [1.82, 2.24) is 0 Å². The Labute approximate surface area is 133 Å². The van der Waals surface area contributed by atoms with Crippen molar-refractivity contribution in [3.8, 4) is 5.75 Å². The molecule has 1 aliphatic rings. The molecular formula is C12H14ClNO6S2. The minimum Gasteiger partial charge on any atom is -0.492 e. The van der Waals surface area contributed by atoms with Crippen LogP contribution in [0.5, 0.6) is 5.75 Å². The van der Waals surface area contributed by atoms with Crippen LogP contribution in [0.25, 0.3) is 0 Å². The van der Waals surface area contributed by atoms with Gasteiger partial charge >= 0.3 is 0 Å². The van der Waals surface area contributed by atoms with Gasteiger partial charge in [-0.2, -0.15) is 0 Å². The maximum atomic E-state index is 12.0. The number of ether oxygens (including phenoxy) is 1. The summed E-state index contributed by atoms with van der Waals surface area (Å²) in [6.45, 7) is 3.36. The fourth-order valence-corrected chi connectivity index (χ4v) is 4.98. The Morgan fingerprint density at radius 1 is 1.41 bits per heavy atom. The standard InChI is InChI=1S/C12H14ClNO6S2/c1-3-20-10-5-4-9(6-11(10)22(13,18)19)14-12(15)8(2)7-21(14,16)17/h4-6,8H,3,7H2,1-2H3/t8-/m1/s1. The number of carbonyl (C=O) groups excluding carboxylic acids is 1. The number of carbonyl (C=O) groups is 1. The molecular weight excluding hydrogens is 354 g/mol. The molecule has 1 aliphatic heterocycles. The van der Waals surface area contributed by atoms with Crippen molar-refractivity contribution in [3.05, 3.63) is 18.2 Å². The van der Waals surface area contributed by atoms with Crippen LogP contribution in [0.3, 0.4) is 0 Å². The molecule has 0 radical (unpaired) electrons. The molecule has 0 unspecified atom stereocenters. The third kappa shape index (κ3) is 3.06. The molecule has 1 saturated heterocycles. The zero-order valence-corrected chi connectivity index (χ0v) is 14.2. The second-order valence-corrected chi connectivity index (χ2v) is 9.18. The number of rotatable bonds is 4. The second-order valence-electron chi connectivity index (χ2n) is 4.78. The monoisotopic (exact) mass is 367 g/mol. The number of amides is 1. The van der Waals surface area contributed by atoms with E-state index in [1.807, 2.05) is 0 Å². The highest BCUT2D eigenvalue weighted by atomic mass is 35.7. The predicted molar refractivity (Wildman–Crippen MR) is 81.1 cm³/mol. The minimum absolute atomic E-state index is 0.00153. The molecule has 1 atom stereocenters. The first-order valence-corrected chi connectivity index (χ1v) is 10.3. The molecule has 122 valence electrons. The molecule has 0 aromatic heterocycles. The Kier molecular flexibility index (Phi) is 4.42. The topological polar surface area (TPSA) is 97.8 Å². The van der Waals surface area contributed by atoms with Crippen LogP contribution in [-0.4, -0.2) is 35.1 Å². The van der Waals surface area contributed by atoms with Gasteiger partial charge in [0.05, 0.1) is 24.0 Å². The van der Waals surface area contributed by atoms with Crippen LogP contribution < -0.4 is 9.04 Å². The lowest BCUT2D eigenvalue weighted by atomic mass is 10.2. The van der Waals surface area contributed by atoms with Crippen LogP contribution in [-0.2, 0) is 23.9 Å². The van der Waals surface area contributed by atoms with Gasteiger partial charge in [-0.1, -0.05) is 6.92 Å². The van der Waals surface area contributed by atoms with Crippen LogP contribution in [0.4, 0.5) is 5.69 Å². The number of benzene rings is 1. The van der Waals surface area contributed by atoms with Gasteiger partial charge in [0.15, 0.2) is 0 Å². The second kappa shape index (κ2) is 5.71. The van der Waals surface area contributed by atoms with Crippen molar-refractivity contribution in [3.63, 3.8) is 0 Å². The summed E-state index contributed by atoms with van der Waals surface area (Å²) in [6.07, 6.45) is 0. The smallest absolute Gasteiger partial charge is 0.265 e. The minimum atomic E-state index is -4.16. The lowest BCUT2D eigenvalue weighted by molar-refractivity contribution is -0.119. The van der Waals surface area contributed by atoms with E-state index in [4.69, 9.17) is 15.4 Å². The summed E-state index contributed by atoms with van der Waals surface area (Å²) >= 11 is 0. The fourth-order valence-electron chi connectivity index (χ4n) is 2.18. The van der Waals surface area contributed by atoms with Crippen LogP contribution >= 0.6 is 10.7 Å². The van der Waals surface area contributed by atoms with Crippen molar-refractivity contribution in [2.24, 2.45) is 5.92 Å². The summed E-state index contributed by atoms with van der Waals surface area (Å²) in [5.74, 6) is -1.62. The molecule has 10 heteroatoms. The summed E-state index contributed by atoms with van der Waals surface area (Å²) in [4.78, 5) is 11.6. The Bertz CT molecular complexity index is 818. The van der Waals surface area contributed by atoms with E-state index in [-0.39, 0.29) is 28.7 Å². The van der Waals surface area contributed by atoms with Gasteiger partial charge in [0.1, 0.15) is 10.6 Å². The highest BCUT2D eigenvalue weighted by Gasteiger charge is 2.42. The maximum Gasteiger partial charge on any atom is 0.265 e. The quantitative estimate of drug-likeness (QED) is 0.744. The van der Waals surface area contributed by atoms with E-state index in [1.165, 1.54) is 19.1 Å². The van der Waals surface area contributed by atoms with Crippen LogP contribution in [0.2, 0.25) is 0 Å². The van der Waals surface area contributed by atoms with E-state index in [0.717, 1.165) is 6.07 Å². The van der Waals surface area contributed by atoms with E-state index in [1.54, 1.807) is 6.92 Å². The first kappa shape index (κ1) is 17.0. The molecule has 0 N–H and O–H groups in total. The van der Waals surface area contributed by atoms with Gasteiger partial charge < -0.3 is 4.74 Å². The molecule has 7 nitrogen and oxygen atoms in total. The SMILES string of the molecule is CCOc1ccc(N2C(=O)[C@H](C)CS2(=O)=O)cc1S(=O)(=O)Cl. The number of anilines is 1. The van der Waals surface area contributed by atoms with Crippen molar-refractivity contribution in [1.29, 1.82) is 0 Å². The van der Waals surface area contributed by atoms with E-state index >= 15 is 0 Å². The maximum absolute atomic E-state index is 12.0. The van der Waals surface area contributed by atoms with Crippen LogP contribution in [0.15, 0.2) is 23.1 Å². The van der Waals surface area contributed by atoms with E-state index < -0.39 is 30.9 Å². The zero-order valence-electron chi connectivity index (χ0n) is 11.8. The van der Waals surface area contributed by atoms with Gasteiger partial charge in [0.2, 0.25) is 15.9 Å². The summed E-state index contributed by atoms with van der Waals surface area (Å²) in [5.41, 5.74) is -0.0722. The van der Waals surface area contributed by atoms with E-state index in [2.05, 4.69) is 0 Å². The van der Waals surface area contributed by atoms with Crippen LogP contribution in [0, 0.1) is 5.92 Å².